The van der Waals surface area contributed by atoms with Crippen LogP contribution in [0.3, 0.4) is 0 Å². The second-order valence-corrected chi connectivity index (χ2v) is 5.88. The van der Waals surface area contributed by atoms with Crippen molar-refractivity contribution in [2.45, 2.75) is 19.2 Å². The highest BCUT2D eigenvalue weighted by molar-refractivity contribution is 5.92. The molecule has 0 aliphatic carbocycles. The molecule has 25 heavy (non-hydrogen) atoms. The van der Waals surface area contributed by atoms with E-state index in [1.165, 1.54) is 12.1 Å². The van der Waals surface area contributed by atoms with Crippen LogP contribution in [-0.4, -0.2) is 61.2 Å². The minimum atomic E-state index is -4.75. The summed E-state index contributed by atoms with van der Waals surface area (Å²) in [5, 5.41) is 2.56. The Hall–Kier alpha value is -2.29. The van der Waals surface area contributed by atoms with Crippen LogP contribution in [0.1, 0.15) is 12.8 Å². The number of nitrogens with zero attached hydrogens (tertiary/aromatic N) is 2. The molecule has 2 rings (SSSR count). The molecule has 6 nitrogen and oxygen atoms in total. The predicted molar refractivity (Wildman–Crippen MR) is 85.1 cm³/mol. The first kappa shape index (κ1) is 19.0. The number of halogens is 3. The van der Waals surface area contributed by atoms with Gasteiger partial charge in [0.15, 0.2) is 0 Å². The van der Waals surface area contributed by atoms with Gasteiger partial charge in [-0.15, -0.1) is 13.2 Å². The van der Waals surface area contributed by atoms with Gasteiger partial charge in [0.25, 0.3) is 0 Å². The average Bonchev–Trinajstić information content (AvgIpc) is 3.01. The number of nitrogens with one attached hydrogen (secondary N) is 1. The van der Waals surface area contributed by atoms with E-state index in [1.54, 1.807) is 16.8 Å². The molecule has 1 aromatic rings. The zero-order chi connectivity index (χ0) is 18.4. The maximum atomic E-state index is 12.1. The van der Waals surface area contributed by atoms with Crippen molar-refractivity contribution < 1.29 is 27.5 Å². The van der Waals surface area contributed by atoms with Crippen LogP contribution in [0.15, 0.2) is 24.3 Å². The van der Waals surface area contributed by atoms with Crippen LogP contribution < -0.4 is 10.1 Å². The SMILES string of the molecule is CN(CC(=O)Nc1ccc(OC(F)(F)F)cc1)CC(=O)N1CCCC1. The van der Waals surface area contributed by atoms with E-state index in [0.717, 1.165) is 38.1 Å². The molecule has 1 aliphatic heterocycles. The Labute approximate surface area is 143 Å². The number of likely N-dealkylation sites (N-methyl/N-ethyl adjacent to an activating group) is 1. The van der Waals surface area contributed by atoms with Crippen molar-refractivity contribution in [3.63, 3.8) is 0 Å². The third kappa shape index (κ3) is 6.61. The second kappa shape index (κ2) is 8.19. The first-order valence-corrected chi connectivity index (χ1v) is 7.85. The van der Waals surface area contributed by atoms with Crippen molar-refractivity contribution in [3.05, 3.63) is 24.3 Å². The van der Waals surface area contributed by atoms with Crippen LogP contribution in [0, 0.1) is 0 Å². The maximum Gasteiger partial charge on any atom is 0.573 e. The highest BCUT2D eigenvalue weighted by Gasteiger charge is 2.31. The van der Waals surface area contributed by atoms with Crippen LogP contribution in [0.5, 0.6) is 5.75 Å². The van der Waals surface area contributed by atoms with Crippen molar-refractivity contribution >= 4 is 17.5 Å². The van der Waals surface area contributed by atoms with Crippen LogP contribution in [-0.2, 0) is 9.59 Å². The average molecular weight is 359 g/mol. The molecule has 2 amide bonds. The molecule has 0 spiro atoms. The Morgan fingerprint density at radius 2 is 1.76 bits per heavy atom. The van der Waals surface area contributed by atoms with Crippen LogP contribution in [0.2, 0.25) is 0 Å². The quantitative estimate of drug-likeness (QED) is 0.845. The largest absolute Gasteiger partial charge is 0.573 e. The van der Waals surface area contributed by atoms with Crippen molar-refractivity contribution in [2.75, 3.05) is 38.5 Å². The number of rotatable bonds is 6. The lowest BCUT2D eigenvalue weighted by Crippen LogP contribution is -2.40. The van der Waals surface area contributed by atoms with Gasteiger partial charge in [0.2, 0.25) is 11.8 Å². The summed E-state index contributed by atoms with van der Waals surface area (Å²) in [6.07, 6.45) is -2.75. The van der Waals surface area contributed by atoms with Gasteiger partial charge in [-0.1, -0.05) is 0 Å². The fourth-order valence-electron chi connectivity index (χ4n) is 2.54. The lowest BCUT2D eigenvalue weighted by atomic mass is 10.3. The second-order valence-electron chi connectivity index (χ2n) is 5.88. The normalized spacial score (nSPS) is 14.7. The van der Waals surface area contributed by atoms with Gasteiger partial charge in [0, 0.05) is 18.8 Å². The van der Waals surface area contributed by atoms with Gasteiger partial charge in [-0.3, -0.25) is 14.5 Å². The maximum absolute atomic E-state index is 12.1. The number of alkyl halides is 3. The summed E-state index contributed by atoms with van der Waals surface area (Å²) in [4.78, 5) is 27.3. The van der Waals surface area contributed by atoms with Gasteiger partial charge < -0.3 is 15.0 Å². The standard InChI is InChI=1S/C16H20F3N3O3/c1-21(11-15(24)22-8-2-3-9-22)10-14(23)20-12-4-6-13(7-5-12)25-16(17,18)19/h4-7H,2-3,8-11H2,1H3,(H,20,23). The van der Waals surface area contributed by atoms with Crippen molar-refractivity contribution in [3.8, 4) is 5.75 Å². The van der Waals surface area contributed by atoms with E-state index in [9.17, 15) is 22.8 Å². The fraction of sp³-hybridized carbons (Fsp3) is 0.500. The highest BCUT2D eigenvalue weighted by atomic mass is 19.4. The van der Waals surface area contributed by atoms with E-state index in [-0.39, 0.29) is 30.7 Å². The molecule has 9 heteroatoms. The first-order valence-electron chi connectivity index (χ1n) is 7.85. The fourth-order valence-corrected chi connectivity index (χ4v) is 2.54. The summed E-state index contributed by atoms with van der Waals surface area (Å²) in [6.45, 7) is 1.66. The lowest BCUT2D eigenvalue weighted by molar-refractivity contribution is -0.274. The number of likely N-dealkylation sites (tertiary alicyclic amines) is 1. The minimum absolute atomic E-state index is 0.000380. The van der Waals surface area contributed by atoms with Crippen LogP contribution in [0.4, 0.5) is 18.9 Å². The van der Waals surface area contributed by atoms with Crippen molar-refractivity contribution in [1.82, 2.24) is 9.80 Å². The molecule has 1 aliphatic rings. The minimum Gasteiger partial charge on any atom is -0.406 e. The summed E-state index contributed by atoms with van der Waals surface area (Å²) >= 11 is 0. The number of benzene rings is 1. The van der Waals surface area contributed by atoms with Gasteiger partial charge in [0.1, 0.15) is 5.75 Å². The number of carbonyl (C=O) groups excluding carboxylic acids is 2. The summed E-state index contributed by atoms with van der Waals surface area (Å²) in [6, 6.07) is 4.86. The summed E-state index contributed by atoms with van der Waals surface area (Å²) in [5.74, 6) is -0.735. The van der Waals surface area contributed by atoms with Gasteiger partial charge in [-0.05, 0) is 44.2 Å². The Balaban J connectivity index is 1.78. The third-order valence-corrected chi connectivity index (χ3v) is 3.65. The number of ether oxygens (including phenoxy) is 1. The monoisotopic (exact) mass is 359 g/mol. The Kier molecular flexibility index (Phi) is 6.24. The molecule has 1 saturated heterocycles. The smallest absolute Gasteiger partial charge is 0.406 e. The van der Waals surface area contributed by atoms with E-state index >= 15 is 0 Å². The lowest BCUT2D eigenvalue weighted by Gasteiger charge is -2.20. The number of carbonyl (C=O) groups is 2. The Morgan fingerprint density at radius 3 is 2.32 bits per heavy atom. The number of hydrogen-bond donors (Lipinski definition) is 1. The molecular weight excluding hydrogens is 339 g/mol. The first-order chi connectivity index (χ1) is 11.7. The molecule has 0 radical (unpaired) electrons. The van der Waals surface area contributed by atoms with E-state index in [4.69, 9.17) is 0 Å². The molecule has 1 heterocycles. The summed E-state index contributed by atoms with van der Waals surface area (Å²) < 4.78 is 40.0. The molecule has 0 unspecified atom stereocenters. The number of amides is 2. The van der Waals surface area contributed by atoms with Crippen LogP contribution in [0.25, 0.3) is 0 Å². The topological polar surface area (TPSA) is 61.9 Å². The van der Waals surface area contributed by atoms with Gasteiger partial charge >= 0.3 is 6.36 Å². The molecule has 0 aromatic heterocycles. The number of hydrogen-bond acceptors (Lipinski definition) is 4. The molecule has 0 saturated carbocycles. The molecule has 0 atom stereocenters. The van der Waals surface area contributed by atoms with Gasteiger partial charge in [-0.25, -0.2) is 0 Å². The molecule has 0 bridgehead atoms. The molecule has 1 fully saturated rings. The highest BCUT2D eigenvalue weighted by Crippen LogP contribution is 2.23. The van der Waals surface area contributed by atoms with Crippen molar-refractivity contribution in [2.24, 2.45) is 0 Å². The van der Waals surface area contributed by atoms with E-state index in [2.05, 4.69) is 10.1 Å². The molecular formula is C16H20F3N3O3. The zero-order valence-electron chi connectivity index (χ0n) is 13.8. The Morgan fingerprint density at radius 1 is 1.16 bits per heavy atom. The van der Waals surface area contributed by atoms with E-state index in [1.807, 2.05) is 0 Å². The van der Waals surface area contributed by atoms with Crippen molar-refractivity contribution in [1.29, 1.82) is 0 Å². The summed E-state index contributed by atoms with van der Waals surface area (Å²) in [7, 11) is 1.66. The van der Waals surface area contributed by atoms with E-state index in [0.29, 0.717) is 5.69 Å². The van der Waals surface area contributed by atoms with Gasteiger partial charge in [0.05, 0.1) is 13.1 Å². The Bertz CT molecular complexity index is 599. The zero-order valence-corrected chi connectivity index (χ0v) is 13.8. The van der Waals surface area contributed by atoms with Crippen LogP contribution >= 0.6 is 0 Å². The van der Waals surface area contributed by atoms with Gasteiger partial charge in [-0.2, -0.15) is 0 Å². The molecule has 138 valence electrons. The number of anilines is 1. The third-order valence-electron chi connectivity index (χ3n) is 3.65. The molecule has 1 N–H and O–H groups in total. The van der Waals surface area contributed by atoms with E-state index < -0.39 is 6.36 Å². The molecule has 1 aromatic carbocycles. The predicted octanol–water partition coefficient (Wildman–Crippen LogP) is 2.08. The summed E-state index contributed by atoms with van der Waals surface area (Å²) in [5.41, 5.74) is 0.346.